The number of H-pyrrole nitrogens is 1. The molecule has 178 valence electrons. The molecule has 0 saturated carbocycles. The first-order chi connectivity index (χ1) is 16.9. The fourth-order valence-electron chi connectivity index (χ4n) is 4.58. The number of benzene rings is 3. The van der Waals surface area contributed by atoms with E-state index in [9.17, 15) is 9.90 Å². The van der Waals surface area contributed by atoms with Crippen molar-refractivity contribution in [1.82, 2.24) is 15.3 Å². The number of aromatic nitrogens is 2. The smallest absolute Gasteiger partial charge is 0.251 e. The molecule has 0 spiro atoms. The van der Waals surface area contributed by atoms with Gasteiger partial charge in [-0.25, -0.2) is 4.98 Å². The van der Waals surface area contributed by atoms with E-state index in [0.717, 1.165) is 27.8 Å². The van der Waals surface area contributed by atoms with Crippen molar-refractivity contribution in [3.8, 4) is 11.3 Å². The SMILES string of the molecule is Cc1ccc(C(=O)NC(Cc2ccccc2)c2nc(-c3ccc4c(c3)[C@@H](O)CC4N)c(Cl)[nH]2)cc1. The number of hydrogen-bond donors (Lipinski definition) is 4. The molecule has 0 bridgehead atoms. The number of carbonyl (C=O) groups excluding carboxylic acids is 1. The zero-order valence-electron chi connectivity index (χ0n) is 19.3. The van der Waals surface area contributed by atoms with Crippen molar-refractivity contribution >= 4 is 17.5 Å². The number of imidazole rings is 1. The maximum Gasteiger partial charge on any atom is 0.251 e. The molecule has 1 amide bonds. The number of aliphatic hydroxyl groups excluding tert-OH is 1. The number of amides is 1. The number of rotatable bonds is 6. The molecule has 0 saturated heterocycles. The summed E-state index contributed by atoms with van der Waals surface area (Å²) in [6.07, 6.45) is 0.443. The minimum Gasteiger partial charge on any atom is -0.388 e. The first-order valence-corrected chi connectivity index (χ1v) is 12.0. The topological polar surface area (TPSA) is 104 Å². The highest BCUT2D eigenvalue weighted by Crippen LogP contribution is 2.40. The van der Waals surface area contributed by atoms with Crippen molar-refractivity contribution in [3.63, 3.8) is 0 Å². The molecule has 0 aliphatic heterocycles. The Balaban J connectivity index is 1.47. The molecule has 35 heavy (non-hydrogen) atoms. The lowest BCUT2D eigenvalue weighted by Crippen LogP contribution is -2.30. The number of aliphatic hydroxyl groups is 1. The van der Waals surface area contributed by atoms with Gasteiger partial charge in [-0.1, -0.05) is 71.8 Å². The highest BCUT2D eigenvalue weighted by Gasteiger charge is 2.28. The Morgan fingerprint density at radius 1 is 1.14 bits per heavy atom. The summed E-state index contributed by atoms with van der Waals surface area (Å²) in [5, 5.41) is 13.9. The second-order valence-corrected chi connectivity index (χ2v) is 9.45. The Hall–Kier alpha value is -3.45. The summed E-state index contributed by atoms with van der Waals surface area (Å²) in [4.78, 5) is 21.0. The number of aromatic amines is 1. The van der Waals surface area contributed by atoms with Crippen LogP contribution in [0.25, 0.3) is 11.3 Å². The van der Waals surface area contributed by atoms with Gasteiger partial charge in [0.25, 0.3) is 5.91 Å². The van der Waals surface area contributed by atoms with Crippen LogP contribution in [0.2, 0.25) is 5.15 Å². The number of nitrogens with two attached hydrogens (primary N) is 1. The lowest BCUT2D eigenvalue weighted by Gasteiger charge is -2.17. The fourth-order valence-corrected chi connectivity index (χ4v) is 4.83. The molecule has 0 fully saturated rings. The number of halogens is 1. The molecular weight excluding hydrogens is 460 g/mol. The summed E-state index contributed by atoms with van der Waals surface area (Å²) in [5.41, 5.74) is 12.0. The van der Waals surface area contributed by atoms with E-state index in [4.69, 9.17) is 22.3 Å². The summed E-state index contributed by atoms with van der Waals surface area (Å²) in [7, 11) is 0. The third-order valence-electron chi connectivity index (χ3n) is 6.51. The predicted octanol–water partition coefficient (Wildman–Crippen LogP) is 5.19. The van der Waals surface area contributed by atoms with Gasteiger partial charge >= 0.3 is 0 Å². The second-order valence-electron chi connectivity index (χ2n) is 9.07. The van der Waals surface area contributed by atoms with Crippen LogP contribution in [0.1, 0.15) is 63.0 Å². The van der Waals surface area contributed by atoms with E-state index in [2.05, 4.69) is 10.3 Å². The van der Waals surface area contributed by atoms with Gasteiger partial charge in [0, 0.05) is 17.2 Å². The number of carbonyl (C=O) groups is 1. The van der Waals surface area contributed by atoms with Gasteiger partial charge < -0.3 is 21.1 Å². The highest BCUT2D eigenvalue weighted by molar-refractivity contribution is 6.31. The molecule has 1 aliphatic rings. The predicted molar refractivity (Wildman–Crippen MR) is 137 cm³/mol. The van der Waals surface area contributed by atoms with Gasteiger partial charge in [0.05, 0.1) is 12.1 Å². The van der Waals surface area contributed by atoms with Crippen LogP contribution in [0, 0.1) is 6.92 Å². The molecule has 6 nitrogen and oxygen atoms in total. The molecule has 5 N–H and O–H groups in total. The lowest BCUT2D eigenvalue weighted by atomic mass is 10.0. The normalized spacial score (nSPS) is 17.7. The van der Waals surface area contributed by atoms with E-state index in [0.29, 0.717) is 35.1 Å². The highest BCUT2D eigenvalue weighted by atomic mass is 35.5. The summed E-state index contributed by atoms with van der Waals surface area (Å²) in [5.74, 6) is 0.377. The van der Waals surface area contributed by atoms with Crippen LogP contribution in [0.3, 0.4) is 0 Å². The standard InChI is InChI=1S/C28H27ClN4O2/c1-16-7-9-18(10-8-16)28(35)31-23(13-17-5-3-2-4-6-17)27-32-25(26(29)33-27)19-11-12-20-21(14-19)24(34)15-22(20)30/h2-12,14,22-24,34H,13,15,30H2,1H3,(H,31,35)(H,32,33)/t22?,23?,24-/m0/s1. The maximum absolute atomic E-state index is 13.1. The van der Waals surface area contributed by atoms with Gasteiger partial charge in [0.15, 0.2) is 0 Å². The Morgan fingerprint density at radius 2 is 1.89 bits per heavy atom. The van der Waals surface area contributed by atoms with Crippen LogP contribution in [0.4, 0.5) is 0 Å². The van der Waals surface area contributed by atoms with Gasteiger partial charge in [-0.15, -0.1) is 0 Å². The van der Waals surface area contributed by atoms with E-state index >= 15 is 0 Å². The summed E-state index contributed by atoms with van der Waals surface area (Å²) >= 11 is 6.60. The number of hydrogen-bond acceptors (Lipinski definition) is 4. The van der Waals surface area contributed by atoms with Crippen molar-refractivity contribution < 1.29 is 9.90 Å². The van der Waals surface area contributed by atoms with E-state index in [-0.39, 0.29) is 11.9 Å². The van der Waals surface area contributed by atoms with Crippen molar-refractivity contribution in [2.75, 3.05) is 0 Å². The molecular formula is C28H27ClN4O2. The minimum atomic E-state index is -0.600. The lowest BCUT2D eigenvalue weighted by molar-refractivity contribution is 0.0935. The van der Waals surface area contributed by atoms with Crippen LogP contribution >= 0.6 is 11.6 Å². The van der Waals surface area contributed by atoms with Gasteiger partial charge in [-0.05, 0) is 54.7 Å². The first-order valence-electron chi connectivity index (χ1n) is 11.6. The number of aryl methyl sites for hydroxylation is 1. The van der Waals surface area contributed by atoms with Crippen LogP contribution in [-0.2, 0) is 6.42 Å². The third-order valence-corrected chi connectivity index (χ3v) is 6.78. The molecule has 4 aromatic rings. The van der Waals surface area contributed by atoms with Crippen LogP contribution < -0.4 is 11.1 Å². The number of nitrogens with zero attached hydrogens (tertiary/aromatic N) is 1. The summed E-state index contributed by atoms with van der Waals surface area (Å²) < 4.78 is 0. The molecule has 1 heterocycles. The van der Waals surface area contributed by atoms with Gasteiger partial charge in [0.2, 0.25) is 0 Å². The van der Waals surface area contributed by atoms with Crippen molar-refractivity contribution in [1.29, 1.82) is 0 Å². The van der Waals surface area contributed by atoms with Gasteiger partial charge in [0.1, 0.15) is 16.7 Å². The Morgan fingerprint density at radius 3 is 2.63 bits per heavy atom. The molecule has 7 heteroatoms. The van der Waals surface area contributed by atoms with Crippen LogP contribution in [0.15, 0.2) is 72.8 Å². The summed E-state index contributed by atoms with van der Waals surface area (Å²) in [6.45, 7) is 1.98. The fraction of sp³-hybridized carbons (Fsp3) is 0.214. The minimum absolute atomic E-state index is 0.175. The number of fused-ring (bicyclic) bond motifs is 1. The number of nitrogens with one attached hydrogen (secondary N) is 2. The molecule has 3 atom stereocenters. The second kappa shape index (κ2) is 9.66. The Kier molecular flexibility index (Phi) is 6.43. The average molecular weight is 487 g/mol. The van der Waals surface area contributed by atoms with Crippen LogP contribution in [-0.4, -0.2) is 21.0 Å². The quantitative estimate of drug-likeness (QED) is 0.301. The summed E-state index contributed by atoms with van der Waals surface area (Å²) in [6, 6.07) is 22.5. The zero-order chi connectivity index (χ0) is 24.5. The van der Waals surface area contributed by atoms with Gasteiger partial charge in [-0.2, -0.15) is 0 Å². The molecule has 1 aliphatic carbocycles. The Bertz CT molecular complexity index is 1350. The third kappa shape index (κ3) is 4.86. The monoisotopic (exact) mass is 486 g/mol. The average Bonchev–Trinajstić information content (AvgIpc) is 3.38. The van der Waals surface area contributed by atoms with Gasteiger partial charge in [-0.3, -0.25) is 4.79 Å². The Labute approximate surface area is 209 Å². The molecule has 1 aromatic heterocycles. The molecule has 0 radical (unpaired) electrons. The maximum atomic E-state index is 13.1. The largest absolute Gasteiger partial charge is 0.388 e. The van der Waals surface area contributed by atoms with Crippen molar-refractivity contribution in [3.05, 3.63) is 112 Å². The molecule has 2 unspecified atom stereocenters. The van der Waals surface area contributed by atoms with E-state index < -0.39 is 12.1 Å². The van der Waals surface area contributed by atoms with E-state index in [1.54, 1.807) is 0 Å². The van der Waals surface area contributed by atoms with E-state index in [1.807, 2.05) is 79.7 Å². The molecule has 5 rings (SSSR count). The zero-order valence-corrected chi connectivity index (χ0v) is 20.1. The van der Waals surface area contributed by atoms with Crippen molar-refractivity contribution in [2.24, 2.45) is 5.73 Å². The van der Waals surface area contributed by atoms with Crippen molar-refractivity contribution in [2.45, 2.75) is 38.0 Å². The first kappa shape index (κ1) is 23.3. The van der Waals surface area contributed by atoms with Crippen LogP contribution in [0.5, 0.6) is 0 Å². The molecule has 3 aromatic carbocycles. The van der Waals surface area contributed by atoms with E-state index in [1.165, 1.54) is 0 Å².